The molecule has 0 radical (unpaired) electrons. The molecule has 2 aromatic heterocycles. The summed E-state index contributed by atoms with van der Waals surface area (Å²) in [6, 6.07) is 15.4. The van der Waals surface area contributed by atoms with Gasteiger partial charge in [-0.05, 0) is 23.8 Å². The van der Waals surface area contributed by atoms with Crippen molar-refractivity contribution in [1.82, 2.24) is 4.98 Å². The van der Waals surface area contributed by atoms with E-state index >= 15 is 0 Å². The van der Waals surface area contributed by atoms with Crippen LogP contribution in [0.5, 0.6) is 0 Å². The lowest BCUT2D eigenvalue weighted by atomic mass is 10.1. The minimum absolute atomic E-state index is 0.0698. The average Bonchev–Trinajstić information content (AvgIpc) is 3.15. The zero-order chi connectivity index (χ0) is 17.1. The van der Waals surface area contributed by atoms with Gasteiger partial charge >= 0.3 is 0 Å². The summed E-state index contributed by atoms with van der Waals surface area (Å²) < 4.78 is 5.48. The van der Waals surface area contributed by atoms with Crippen LogP contribution in [-0.2, 0) is 4.74 Å². The van der Waals surface area contributed by atoms with E-state index in [-0.39, 0.29) is 5.78 Å². The first-order chi connectivity index (χ1) is 12.3. The SMILES string of the molecule is O=C(c1ccccc1)c1cc(-c2ccncc2)c(N2CCOCC2)s1. The highest BCUT2D eigenvalue weighted by atomic mass is 32.1. The Bertz CT molecular complexity index is 856. The zero-order valence-corrected chi connectivity index (χ0v) is 14.5. The lowest BCUT2D eigenvalue weighted by Crippen LogP contribution is -2.35. The number of hydrogen-bond acceptors (Lipinski definition) is 5. The van der Waals surface area contributed by atoms with E-state index in [0.29, 0.717) is 0 Å². The number of rotatable bonds is 4. The Morgan fingerprint density at radius 2 is 1.76 bits per heavy atom. The van der Waals surface area contributed by atoms with E-state index in [1.807, 2.05) is 48.5 Å². The fourth-order valence-corrected chi connectivity index (χ4v) is 4.16. The molecule has 1 aliphatic rings. The predicted octanol–water partition coefficient (Wildman–Crippen LogP) is 3.88. The molecule has 4 rings (SSSR count). The third-order valence-electron chi connectivity index (χ3n) is 4.26. The molecule has 0 atom stereocenters. The number of aromatic nitrogens is 1. The first-order valence-electron chi connectivity index (χ1n) is 8.29. The van der Waals surface area contributed by atoms with Crippen molar-refractivity contribution in [2.24, 2.45) is 0 Å². The van der Waals surface area contributed by atoms with Crippen molar-refractivity contribution < 1.29 is 9.53 Å². The van der Waals surface area contributed by atoms with Crippen molar-refractivity contribution >= 4 is 22.1 Å². The van der Waals surface area contributed by atoms with Gasteiger partial charge in [0.05, 0.1) is 23.1 Å². The molecule has 126 valence electrons. The van der Waals surface area contributed by atoms with Gasteiger partial charge in [0.25, 0.3) is 0 Å². The smallest absolute Gasteiger partial charge is 0.203 e. The highest BCUT2D eigenvalue weighted by Crippen LogP contribution is 2.40. The Balaban J connectivity index is 1.76. The summed E-state index contributed by atoms with van der Waals surface area (Å²) in [5.41, 5.74) is 2.90. The molecule has 0 amide bonds. The maximum atomic E-state index is 12.9. The van der Waals surface area contributed by atoms with Crippen molar-refractivity contribution in [3.05, 3.63) is 71.4 Å². The molecule has 5 heteroatoms. The number of benzene rings is 1. The molecule has 0 N–H and O–H groups in total. The van der Waals surface area contributed by atoms with Crippen molar-refractivity contribution in [2.45, 2.75) is 0 Å². The fraction of sp³-hybridized carbons (Fsp3) is 0.200. The van der Waals surface area contributed by atoms with E-state index in [9.17, 15) is 4.79 Å². The van der Waals surface area contributed by atoms with Crippen LogP contribution in [0.4, 0.5) is 5.00 Å². The Labute approximate surface area is 150 Å². The van der Waals surface area contributed by atoms with Gasteiger partial charge in [-0.1, -0.05) is 30.3 Å². The number of carbonyl (C=O) groups excluding carboxylic acids is 1. The predicted molar refractivity (Wildman–Crippen MR) is 100 cm³/mol. The second-order valence-corrected chi connectivity index (χ2v) is 6.89. The highest BCUT2D eigenvalue weighted by molar-refractivity contribution is 7.18. The molecule has 0 saturated carbocycles. The number of nitrogens with zero attached hydrogens (tertiary/aromatic N) is 2. The maximum Gasteiger partial charge on any atom is 0.203 e. The molecular weight excluding hydrogens is 332 g/mol. The molecule has 0 spiro atoms. The van der Waals surface area contributed by atoms with Gasteiger partial charge < -0.3 is 9.64 Å². The molecule has 3 aromatic rings. The van der Waals surface area contributed by atoms with Crippen LogP contribution in [0.25, 0.3) is 11.1 Å². The Hall–Kier alpha value is -2.50. The van der Waals surface area contributed by atoms with Crippen LogP contribution in [-0.4, -0.2) is 37.1 Å². The van der Waals surface area contributed by atoms with Crippen molar-refractivity contribution in [3.8, 4) is 11.1 Å². The van der Waals surface area contributed by atoms with E-state index in [1.165, 1.54) is 0 Å². The maximum absolute atomic E-state index is 12.9. The van der Waals surface area contributed by atoms with Crippen LogP contribution in [0.15, 0.2) is 60.9 Å². The molecule has 3 heterocycles. The van der Waals surface area contributed by atoms with Crippen LogP contribution < -0.4 is 4.90 Å². The number of carbonyl (C=O) groups is 1. The Kier molecular flexibility index (Phi) is 4.59. The quantitative estimate of drug-likeness (QED) is 0.670. The van der Waals surface area contributed by atoms with Crippen LogP contribution >= 0.6 is 11.3 Å². The number of anilines is 1. The second-order valence-electron chi connectivity index (χ2n) is 5.86. The van der Waals surface area contributed by atoms with Gasteiger partial charge in [0.1, 0.15) is 0 Å². The van der Waals surface area contributed by atoms with Crippen molar-refractivity contribution in [2.75, 3.05) is 31.2 Å². The molecule has 0 bridgehead atoms. The Morgan fingerprint density at radius 1 is 1.04 bits per heavy atom. The first kappa shape index (κ1) is 16.0. The second kappa shape index (κ2) is 7.17. The molecule has 1 aliphatic heterocycles. The van der Waals surface area contributed by atoms with E-state index in [0.717, 1.165) is 52.9 Å². The largest absolute Gasteiger partial charge is 0.378 e. The van der Waals surface area contributed by atoms with Crippen LogP contribution in [0, 0.1) is 0 Å². The molecule has 1 saturated heterocycles. The fourth-order valence-electron chi connectivity index (χ4n) is 2.96. The average molecular weight is 350 g/mol. The highest BCUT2D eigenvalue weighted by Gasteiger charge is 2.22. The Morgan fingerprint density at radius 3 is 2.48 bits per heavy atom. The molecule has 25 heavy (non-hydrogen) atoms. The number of hydrogen-bond donors (Lipinski definition) is 0. The molecule has 0 unspecified atom stereocenters. The summed E-state index contributed by atoms with van der Waals surface area (Å²) in [7, 11) is 0. The van der Waals surface area contributed by atoms with Crippen LogP contribution in [0.1, 0.15) is 15.2 Å². The van der Waals surface area contributed by atoms with Gasteiger partial charge in [0.15, 0.2) is 0 Å². The lowest BCUT2D eigenvalue weighted by Gasteiger charge is -2.28. The number of thiophene rings is 1. The van der Waals surface area contributed by atoms with E-state index in [1.54, 1.807) is 23.7 Å². The normalized spacial score (nSPS) is 14.5. The topological polar surface area (TPSA) is 42.4 Å². The summed E-state index contributed by atoms with van der Waals surface area (Å²) in [4.78, 5) is 20.1. The van der Waals surface area contributed by atoms with Gasteiger partial charge in [-0.2, -0.15) is 0 Å². The monoisotopic (exact) mass is 350 g/mol. The van der Waals surface area contributed by atoms with Gasteiger partial charge in [-0.3, -0.25) is 9.78 Å². The van der Waals surface area contributed by atoms with E-state index in [4.69, 9.17) is 4.74 Å². The number of ether oxygens (including phenoxy) is 1. The van der Waals surface area contributed by atoms with Crippen LogP contribution in [0.3, 0.4) is 0 Å². The third-order valence-corrected chi connectivity index (χ3v) is 5.46. The van der Waals surface area contributed by atoms with Gasteiger partial charge in [0, 0.05) is 36.6 Å². The van der Waals surface area contributed by atoms with Crippen molar-refractivity contribution in [1.29, 1.82) is 0 Å². The minimum atomic E-state index is 0.0698. The van der Waals surface area contributed by atoms with E-state index in [2.05, 4.69) is 9.88 Å². The molecule has 1 fully saturated rings. The summed E-state index contributed by atoms with van der Waals surface area (Å²) in [5, 5.41) is 1.13. The molecular formula is C20H18N2O2S. The standard InChI is InChI=1S/C20H18N2O2S/c23-19(16-4-2-1-3-5-16)18-14-17(15-6-8-21-9-7-15)20(25-18)22-10-12-24-13-11-22/h1-9,14H,10-13H2. The van der Waals surface area contributed by atoms with Gasteiger partial charge in [-0.25, -0.2) is 0 Å². The number of morpholine rings is 1. The van der Waals surface area contributed by atoms with Gasteiger partial charge in [0.2, 0.25) is 5.78 Å². The number of ketones is 1. The summed E-state index contributed by atoms with van der Waals surface area (Å²) in [6.07, 6.45) is 3.57. The van der Waals surface area contributed by atoms with Crippen LogP contribution in [0.2, 0.25) is 0 Å². The minimum Gasteiger partial charge on any atom is -0.378 e. The molecule has 1 aromatic carbocycles. The van der Waals surface area contributed by atoms with E-state index < -0.39 is 0 Å². The molecule has 0 aliphatic carbocycles. The third kappa shape index (κ3) is 3.34. The summed E-state index contributed by atoms with van der Waals surface area (Å²) >= 11 is 1.56. The van der Waals surface area contributed by atoms with Gasteiger partial charge in [-0.15, -0.1) is 11.3 Å². The molecule has 4 nitrogen and oxygen atoms in total. The zero-order valence-electron chi connectivity index (χ0n) is 13.7. The number of pyridine rings is 1. The van der Waals surface area contributed by atoms with Crippen molar-refractivity contribution in [3.63, 3.8) is 0 Å². The first-order valence-corrected chi connectivity index (χ1v) is 9.11. The lowest BCUT2D eigenvalue weighted by molar-refractivity contribution is 0.104. The summed E-state index contributed by atoms with van der Waals surface area (Å²) in [6.45, 7) is 3.13. The summed E-state index contributed by atoms with van der Waals surface area (Å²) in [5.74, 6) is 0.0698.